The molecule has 2 aromatic rings. The van der Waals surface area contributed by atoms with Crippen LogP contribution in [-0.4, -0.2) is 4.98 Å². The van der Waals surface area contributed by atoms with Crippen molar-refractivity contribution < 1.29 is 4.39 Å². The third-order valence-electron chi connectivity index (χ3n) is 3.12. The molecule has 1 aromatic carbocycles. The lowest BCUT2D eigenvalue weighted by Gasteiger charge is -2.15. The van der Waals surface area contributed by atoms with E-state index in [0.717, 1.165) is 12.1 Å². The fraction of sp³-hybridized carbons (Fsp3) is 0.267. The molecule has 2 nitrogen and oxygen atoms in total. The maximum atomic E-state index is 12.8. The quantitative estimate of drug-likeness (QED) is 0.891. The van der Waals surface area contributed by atoms with Crippen molar-refractivity contribution in [3.63, 3.8) is 0 Å². The van der Waals surface area contributed by atoms with Crippen LogP contribution in [0.25, 0.3) is 0 Å². The van der Waals surface area contributed by atoms with E-state index in [1.54, 1.807) is 6.20 Å². The predicted octanol–water partition coefficient (Wildman–Crippen LogP) is 3.38. The molecule has 0 radical (unpaired) electrons. The fourth-order valence-corrected chi connectivity index (χ4v) is 1.81. The topological polar surface area (TPSA) is 24.9 Å². The van der Waals surface area contributed by atoms with Gasteiger partial charge in [0, 0.05) is 25.0 Å². The van der Waals surface area contributed by atoms with Crippen LogP contribution < -0.4 is 5.32 Å². The number of nitrogens with one attached hydrogen (secondary N) is 1. The molecule has 0 fully saturated rings. The second-order valence-electron chi connectivity index (χ2n) is 4.46. The summed E-state index contributed by atoms with van der Waals surface area (Å²) in [4.78, 5) is 4.12. The first-order chi connectivity index (χ1) is 8.66. The minimum Gasteiger partial charge on any atom is -0.306 e. The van der Waals surface area contributed by atoms with E-state index < -0.39 is 0 Å². The maximum Gasteiger partial charge on any atom is 0.123 e. The molecule has 2 rings (SSSR count). The summed E-state index contributed by atoms with van der Waals surface area (Å²) in [6, 6.07) is 8.78. The lowest BCUT2D eigenvalue weighted by Crippen LogP contribution is -2.18. The van der Waals surface area contributed by atoms with Gasteiger partial charge in [-0.05, 0) is 48.7 Å². The van der Waals surface area contributed by atoms with Gasteiger partial charge in [-0.1, -0.05) is 12.1 Å². The molecule has 1 aromatic heterocycles. The van der Waals surface area contributed by atoms with Crippen molar-refractivity contribution in [2.75, 3.05) is 0 Å². The molecule has 0 spiro atoms. The van der Waals surface area contributed by atoms with Gasteiger partial charge in [0.25, 0.3) is 0 Å². The highest BCUT2D eigenvalue weighted by Gasteiger charge is 2.05. The summed E-state index contributed by atoms with van der Waals surface area (Å²) < 4.78 is 12.8. The van der Waals surface area contributed by atoms with Gasteiger partial charge in [0.1, 0.15) is 5.82 Å². The molecule has 0 saturated carbocycles. The average molecular weight is 244 g/mol. The van der Waals surface area contributed by atoms with Crippen molar-refractivity contribution >= 4 is 0 Å². The van der Waals surface area contributed by atoms with Crippen LogP contribution in [0.2, 0.25) is 0 Å². The molecule has 0 aliphatic heterocycles. The lowest BCUT2D eigenvalue weighted by atomic mass is 10.1. The number of pyridine rings is 1. The Balaban J connectivity index is 1.98. The van der Waals surface area contributed by atoms with Gasteiger partial charge in [0.05, 0.1) is 0 Å². The van der Waals surface area contributed by atoms with E-state index in [2.05, 4.69) is 24.1 Å². The highest BCUT2D eigenvalue weighted by Crippen LogP contribution is 2.14. The molecule has 0 aliphatic carbocycles. The Kier molecular flexibility index (Phi) is 4.05. The molecule has 3 heteroatoms. The predicted molar refractivity (Wildman–Crippen MR) is 70.6 cm³/mol. The van der Waals surface area contributed by atoms with Gasteiger partial charge >= 0.3 is 0 Å². The minimum atomic E-state index is -0.200. The summed E-state index contributed by atoms with van der Waals surface area (Å²) >= 11 is 0. The number of halogens is 1. The zero-order chi connectivity index (χ0) is 13.0. The number of rotatable bonds is 4. The zero-order valence-electron chi connectivity index (χ0n) is 10.7. The number of benzene rings is 1. The average Bonchev–Trinajstić information content (AvgIpc) is 2.38. The summed E-state index contributed by atoms with van der Waals surface area (Å²) in [5.74, 6) is -0.200. The molecule has 94 valence electrons. The molecule has 1 heterocycles. The summed E-state index contributed by atoms with van der Waals surface area (Å²) in [6.45, 7) is 4.90. The molecule has 0 bridgehead atoms. The summed E-state index contributed by atoms with van der Waals surface area (Å²) in [5, 5.41) is 3.41. The van der Waals surface area contributed by atoms with Crippen molar-refractivity contribution in [2.24, 2.45) is 0 Å². The first-order valence-electron chi connectivity index (χ1n) is 6.05. The van der Waals surface area contributed by atoms with Crippen LogP contribution in [0.3, 0.4) is 0 Å². The molecule has 1 atom stereocenters. The Hall–Kier alpha value is -1.74. The van der Waals surface area contributed by atoms with Crippen molar-refractivity contribution in [1.29, 1.82) is 0 Å². The maximum absolute atomic E-state index is 12.8. The SMILES string of the molecule is Cc1ccncc1CN[C@H](C)c1ccc(F)cc1. The third-order valence-corrected chi connectivity index (χ3v) is 3.12. The molecule has 1 N–H and O–H groups in total. The van der Waals surface area contributed by atoms with E-state index in [1.165, 1.54) is 23.3 Å². The van der Waals surface area contributed by atoms with Gasteiger partial charge in [-0.3, -0.25) is 4.98 Å². The number of nitrogens with zero attached hydrogens (tertiary/aromatic N) is 1. The van der Waals surface area contributed by atoms with Crippen LogP contribution >= 0.6 is 0 Å². The Bertz CT molecular complexity index is 508. The lowest BCUT2D eigenvalue weighted by molar-refractivity contribution is 0.569. The zero-order valence-corrected chi connectivity index (χ0v) is 10.7. The van der Waals surface area contributed by atoms with E-state index in [0.29, 0.717) is 0 Å². The van der Waals surface area contributed by atoms with Crippen LogP contribution in [0.4, 0.5) is 4.39 Å². The minimum absolute atomic E-state index is 0.185. The number of aryl methyl sites for hydroxylation is 1. The highest BCUT2D eigenvalue weighted by atomic mass is 19.1. The van der Waals surface area contributed by atoms with Crippen molar-refractivity contribution in [3.8, 4) is 0 Å². The van der Waals surface area contributed by atoms with E-state index in [1.807, 2.05) is 24.4 Å². The molecular formula is C15H17FN2. The summed E-state index contributed by atoms with van der Waals surface area (Å²) in [7, 11) is 0. The third kappa shape index (κ3) is 3.14. The highest BCUT2D eigenvalue weighted by molar-refractivity contribution is 5.23. The van der Waals surface area contributed by atoms with Gasteiger partial charge in [0.2, 0.25) is 0 Å². The first-order valence-corrected chi connectivity index (χ1v) is 6.05. The van der Waals surface area contributed by atoms with Crippen LogP contribution in [0.15, 0.2) is 42.7 Å². The van der Waals surface area contributed by atoms with Gasteiger partial charge in [-0.2, -0.15) is 0 Å². The van der Waals surface area contributed by atoms with Gasteiger partial charge in [-0.25, -0.2) is 4.39 Å². The van der Waals surface area contributed by atoms with E-state index in [9.17, 15) is 4.39 Å². The number of hydrogen-bond acceptors (Lipinski definition) is 2. The summed E-state index contributed by atoms with van der Waals surface area (Å²) in [6.07, 6.45) is 3.67. The van der Waals surface area contributed by atoms with Crippen molar-refractivity contribution in [2.45, 2.75) is 26.4 Å². The largest absolute Gasteiger partial charge is 0.306 e. The van der Waals surface area contributed by atoms with E-state index >= 15 is 0 Å². The first kappa shape index (κ1) is 12.7. The molecule has 0 aliphatic rings. The van der Waals surface area contributed by atoms with Crippen LogP contribution in [0.5, 0.6) is 0 Å². The smallest absolute Gasteiger partial charge is 0.123 e. The van der Waals surface area contributed by atoms with Crippen molar-refractivity contribution in [3.05, 3.63) is 65.2 Å². The molecular weight excluding hydrogens is 227 g/mol. The fourth-order valence-electron chi connectivity index (χ4n) is 1.81. The van der Waals surface area contributed by atoms with Crippen LogP contribution in [-0.2, 0) is 6.54 Å². The van der Waals surface area contributed by atoms with Gasteiger partial charge < -0.3 is 5.32 Å². The molecule has 0 unspecified atom stereocenters. The Labute approximate surface area is 107 Å². The summed E-state index contributed by atoms with van der Waals surface area (Å²) in [5.41, 5.74) is 3.49. The van der Waals surface area contributed by atoms with Gasteiger partial charge in [-0.15, -0.1) is 0 Å². The van der Waals surface area contributed by atoms with E-state index in [-0.39, 0.29) is 11.9 Å². The normalized spacial score (nSPS) is 12.4. The monoisotopic (exact) mass is 244 g/mol. The van der Waals surface area contributed by atoms with Gasteiger partial charge in [0.15, 0.2) is 0 Å². The van der Waals surface area contributed by atoms with E-state index in [4.69, 9.17) is 0 Å². The second kappa shape index (κ2) is 5.74. The standard InChI is InChI=1S/C15H17FN2/c1-11-7-8-17-9-14(11)10-18-12(2)13-3-5-15(16)6-4-13/h3-9,12,18H,10H2,1-2H3/t12-/m1/s1. The van der Waals surface area contributed by atoms with Crippen LogP contribution in [0, 0.1) is 12.7 Å². The Morgan fingerprint density at radius 3 is 2.61 bits per heavy atom. The van der Waals surface area contributed by atoms with Crippen molar-refractivity contribution in [1.82, 2.24) is 10.3 Å². The van der Waals surface area contributed by atoms with Crippen LogP contribution in [0.1, 0.15) is 29.7 Å². The Morgan fingerprint density at radius 1 is 1.22 bits per heavy atom. The molecule has 0 saturated heterocycles. The second-order valence-corrected chi connectivity index (χ2v) is 4.46. The molecule has 0 amide bonds. The number of aromatic nitrogens is 1. The molecule has 18 heavy (non-hydrogen) atoms. The number of hydrogen-bond donors (Lipinski definition) is 1. The Morgan fingerprint density at radius 2 is 1.94 bits per heavy atom.